The van der Waals surface area contributed by atoms with E-state index in [0.29, 0.717) is 11.7 Å². The van der Waals surface area contributed by atoms with Crippen molar-refractivity contribution in [1.82, 2.24) is 0 Å². The van der Waals surface area contributed by atoms with Crippen LogP contribution < -0.4 is 0 Å². The SMILES string of the molecule is Cc1cc(C)cc(CCCC(=O)C2CC2)c1. The van der Waals surface area contributed by atoms with Crippen LogP contribution >= 0.6 is 0 Å². The predicted molar refractivity (Wildman–Crippen MR) is 66.6 cm³/mol. The van der Waals surface area contributed by atoms with Gasteiger partial charge in [0.2, 0.25) is 0 Å². The van der Waals surface area contributed by atoms with E-state index < -0.39 is 0 Å². The zero-order valence-corrected chi connectivity index (χ0v) is 10.3. The van der Waals surface area contributed by atoms with Crippen LogP contribution in [0.15, 0.2) is 18.2 Å². The van der Waals surface area contributed by atoms with Crippen LogP contribution in [-0.4, -0.2) is 5.78 Å². The van der Waals surface area contributed by atoms with E-state index >= 15 is 0 Å². The van der Waals surface area contributed by atoms with E-state index in [-0.39, 0.29) is 0 Å². The summed E-state index contributed by atoms with van der Waals surface area (Å²) in [6.07, 6.45) is 5.11. The predicted octanol–water partition coefficient (Wildman–Crippen LogP) is 3.61. The number of rotatable bonds is 5. The molecule has 1 fully saturated rings. The smallest absolute Gasteiger partial charge is 0.135 e. The Kier molecular flexibility index (Phi) is 3.42. The zero-order chi connectivity index (χ0) is 11.5. The number of carbonyl (C=O) groups is 1. The molecule has 86 valence electrons. The van der Waals surface area contributed by atoms with Crippen LogP contribution in [0.4, 0.5) is 0 Å². The molecule has 1 saturated carbocycles. The van der Waals surface area contributed by atoms with E-state index in [4.69, 9.17) is 0 Å². The molecule has 0 aromatic heterocycles. The van der Waals surface area contributed by atoms with Gasteiger partial charge in [-0.25, -0.2) is 0 Å². The first-order valence-corrected chi connectivity index (χ1v) is 6.25. The molecule has 0 bridgehead atoms. The molecule has 16 heavy (non-hydrogen) atoms. The average molecular weight is 216 g/mol. The Bertz CT molecular complexity index is 368. The van der Waals surface area contributed by atoms with Crippen LogP contribution in [0.5, 0.6) is 0 Å². The molecule has 1 nitrogen and oxygen atoms in total. The minimum atomic E-state index is 0.430. The van der Waals surface area contributed by atoms with E-state index in [1.807, 2.05) is 0 Å². The van der Waals surface area contributed by atoms with Gasteiger partial charge in [-0.1, -0.05) is 29.3 Å². The first-order valence-electron chi connectivity index (χ1n) is 6.25. The van der Waals surface area contributed by atoms with Crippen LogP contribution in [0.25, 0.3) is 0 Å². The number of aryl methyl sites for hydroxylation is 3. The maximum Gasteiger partial charge on any atom is 0.135 e. The van der Waals surface area contributed by atoms with Gasteiger partial charge in [-0.15, -0.1) is 0 Å². The van der Waals surface area contributed by atoms with Gasteiger partial charge in [0.05, 0.1) is 0 Å². The van der Waals surface area contributed by atoms with Gasteiger partial charge in [0.25, 0.3) is 0 Å². The highest BCUT2D eigenvalue weighted by Gasteiger charge is 2.28. The van der Waals surface area contributed by atoms with Crippen molar-refractivity contribution in [2.75, 3.05) is 0 Å². The summed E-state index contributed by atoms with van der Waals surface area (Å²) in [5.41, 5.74) is 4.02. The summed E-state index contributed by atoms with van der Waals surface area (Å²) in [4.78, 5) is 11.5. The Morgan fingerprint density at radius 3 is 2.38 bits per heavy atom. The van der Waals surface area contributed by atoms with Crippen LogP contribution in [-0.2, 0) is 11.2 Å². The van der Waals surface area contributed by atoms with Crippen molar-refractivity contribution in [3.63, 3.8) is 0 Å². The van der Waals surface area contributed by atoms with E-state index in [0.717, 1.165) is 32.1 Å². The Morgan fingerprint density at radius 1 is 1.19 bits per heavy atom. The van der Waals surface area contributed by atoms with Gasteiger partial charge in [-0.2, -0.15) is 0 Å². The topological polar surface area (TPSA) is 17.1 Å². The fourth-order valence-electron chi connectivity index (χ4n) is 2.29. The minimum Gasteiger partial charge on any atom is -0.299 e. The number of carbonyl (C=O) groups excluding carboxylic acids is 1. The van der Waals surface area contributed by atoms with E-state index in [9.17, 15) is 4.79 Å². The second-order valence-corrected chi connectivity index (χ2v) is 5.09. The van der Waals surface area contributed by atoms with Crippen molar-refractivity contribution in [2.24, 2.45) is 5.92 Å². The third kappa shape index (κ3) is 3.19. The lowest BCUT2D eigenvalue weighted by Crippen LogP contribution is -2.00. The minimum absolute atomic E-state index is 0.430. The molecule has 1 aromatic rings. The lowest BCUT2D eigenvalue weighted by atomic mass is 10.0. The van der Waals surface area contributed by atoms with Gasteiger partial charge in [0, 0.05) is 12.3 Å². The molecule has 0 heterocycles. The number of hydrogen-bond donors (Lipinski definition) is 0. The fourth-order valence-corrected chi connectivity index (χ4v) is 2.29. The Labute approximate surface area is 97.9 Å². The standard InChI is InChI=1S/C15H20O/c1-11-8-12(2)10-13(9-11)4-3-5-15(16)14-6-7-14/h8-10,14H,3-7H2,1-2H3. The van der Waals surface area contributed by atoms with Crippen molar-refractivity contribution < 1.29 is 4.79 Å². The number of Topliss-reactive ketones (excluding diaryl/α,β-unsaturated/α-hetero) is 1. The van der Waals surface area contributed by atoms with Crippen LogP contribution in [0.1, 0.15) is 42.4 Å². The van der Waals surface area contributed by atoms with Crippen LogP contribution in [0.3, 0.4) is 0 Å². The number of ketones is 1. The molecular formula is C15H20O. The summed E-state index contributed by atoms with van der Waals surface area (Å²) in [7, 11) is 0. The monoisotopic (exact) mass is 216 g/mol. The molecule has 0 spiro atoms. The quantitative estimate of drug-likeness (QED) is 0.735. The lowest BCUT2D eigenvalue weighted by molar-refractivity contribution is -0.120. The largest absolute Gasteiger partial charge is 0.299 e. The van der Waals surface area contributed by atoms with Crippen LogP contribution in [0.2, 0.25) is 0 Å². The van der Waals surface area contributed by atoms with Crippen LogP contribution in [0, 0.1) is 19.8 Å². The number of benzene rings is 1. The maximum absolute atomic E-state index is 11.5. The van der Waals surface area contributed by atoms with Crippen molar-refractivity contribution in [1.29, 1.82) is 0 Å². The van der Waals surface area contributed by atoms with Gasteiger partial charge < -0.3 is 0 Å². The van der Waals surface area contributed by atoms with Crippen molar-refractivity contribution >= 4 is 5.78 Å². The van der Waals surface area contributed by atoms with Gasteiger partial charge in [0.1, 0.15) is 5.78 Å². The highest BCUT2D eigenvalue weighted by Crippen LogP contribution is 2.31. The molecule has 0 radical (unpaired) electrons. The summed E-state index contributed by atoms with van der Waals surface area (Å²) < 4.78 is 0. The van der Waals surface area contributed by atoms with Crippen molar-refractivity contribution in [3.05, 3.63) is 34.9 Å². The Hall–Kier alpha value is -1.11. The number of hydrogen-bond acceptors (Lipinski definition) is 1. The first kappa shape index (κ1) is 11.4. The molecular weight excluding hydrogens is 196 g/mol. The van der Waals surface area contributed by atoms with Gasteiger partial charge >= 0.3 is 0 Å². The molecule has 1 aliphatic carbocycles. The third-order valence-corrected chi connectivity index (χ3v) is 3.20. The van der Waals surface area contributed by atoms with Crippen molar-refractivity contribution in [2.45, 2.75) is 46.0 Å². The summed E-state index contributed by atoms with van der Waals surface area (Å²) >= 11 is 0. The highest BCUT2D eigenvalue weighted by atomic mass is 16.1. The molecule has 0 aliphatic heterocycles. The summed E-state index contributed by atoms with van der Waals surface area (Å²) in [5.74, 6) is 0.920. The normalized spacial score (nSPS) is 15.1. The molecule has 0 unspecified atom stereocenters. The average Bonchev–Trinajstić information content (AvgIpc) is 2.98. The van der Waals surface area contributed by atoms with Crippen molar-refractivity contribution in [3.8, 4) is 0 Å². The highest BCUT2D eigenvalue weighted by molar-refractivity contribution is 5.83. The Morgan fingerprint density at radius 2 is 1.81 bits per heavy atom. The second-order valence-electron chi connectivity index (χ2n) is 5.09. The van der Waals surface area contributed by atoms with E-state index in [1.54, 1.807) is 0 Å². The lowest BCUT2D eigenvalue weighted by Gasteiger charge is -2.04. The molecule has 1 aromatic carbocycles. The summed E-state index contributed by atoms with van der Waals surface area (Å²) in [6, 6.07) is 6.65. The summed E-state index contributed by atoms with van der Waals surface area (Å²) in [5, 5.41) is 0. The summed E-state index contributed by atoms with van der Waals surface area (Å²) in [6.45, 7) is 4.26. The van der Waals surface area contributed by atoms with Gasteiger partial charge in [0.15, 0.2) is 0 Å². The zero-order valence-electron chi connectivity index (χ0n) is 10.3. The maximum atomic E-state index is 11.5. The molecule has 0 saturated heterocycles. The molecule has 1 heteroatoms. The van der Waals surface area contributed by atoms with Gasteiger partial charge in [-0.3, -0.25) is 4.79 Å². The van der Waals surface area contributed by atoms with Gasteiger partial charge in [-0.05, 0) is 45.1 Å². The van der Waals surface area contributed by atoms with E-state index in [2.05, 4.69) is 32.0 Å². The second kappa shape index (κ2) is 4.82. The molecule has 2 rings (SSSR count). The molecule has 0 N–H and O–H groups in total. The first-order chi connectivity index (χ1) is 7.65. The fraction of sp³-hybridized carbons (Fsp3) is 0.533. The Balaban J connectivity index is 1.82. The third-order valence-electron chi connectivity index (χ3n) is 3.20. The molecule has 0 amide bonds. The molecule has 1 aliphatic rings. The van der Waals surface area contributed by atoms with E-state index in [1.165, 1.54) is 16.7 Å². The molecule has 0 atom stereocenters.